The van der Waals surface area contributed by atoms with Gasteiger partial charge in [-0.25, -0.2) is 0 Å². The summed E-state index contributed by atoms with van der Waals surface area (Å²) in [7, 11) is 0. The Balaban J connectivity index is 1.91. The quantitative estimate of drug-likeness (QED) is 0.457. The number of ether oxygens (including phenoxy) is 1. The molecule has 0 aromatic heterocycles. The summed E-state index contributed by atoms with van der Waals surface area (Å²) < 4.78 is 6.13. The van der Waals surface area contributed by atoms with Crippen molar-refractivity contribution in [1.29, 1.82) is 0 Å². The van der Waals surface area contributed by atoms with E-state index < -0.39 is 10.9 Å². The van der Waals surface area contributed by atoms with E-state index in [1.165, 1.54) is 0 Å². The molecule has 1 unspecified atom stereocenters. The Morgan fingerprint density at radius 2 is 1.32 bits per heavy atom. The fraction of sp³-hybridized carbons (Fsp3) is 0.0435. The van der Waals surface area contributed by atoms with Gasteiger partial charge in [-0.05, 0) is 23.3 Å². The van der Waals surface area contributed by atoms with Gasteiger partial charge < -0.3 is 4.74 Å². The minimum Gasteiger partial charge on any atom is -0.453 e. The van der Waals surface area contributed by atoms with Crippen molar-refractivity contribution >= 4 is 11.3 Å². The van der Waals surface area contributed by atoms with Crippen molar-refractivity contribution in [1.82, 2.24) is 0 Å². The molecule has 0 bridgehead atoms. The lowest BCUT2D eigenvalue weighted by atomic mass is 9.94. The van der Waals surface area contributed by atoms with E-state index in [0.717, 1.165) is 16.7 Å². The van der Waals surface area contributed by atoms with Gasteiger partial charge in [0, 0.05) is 11.1 Å². The van der Waals surface area contributed by atoms with Crippen LogP contribution in [0.3, 0.4) is 0 Å². The van der Waals surface area contributed by atoms with Gasteiger partial charge in [-0.2, -0.15) is 0 Å². The highest BCUT2D eigenvalue weighted by Crippen LogP contribution is 2.41. The Labute approximate surface area is 162 Å². The Morgan fingerprint density at radius 3 is 1.89 bits per heavy atom. The summed E-state index contributed by atoms with van der Waals surface area (Å²) in [6, 6.07) is 28.0. The second-order valence-electron chi connectivity index (χ2n) is 6.29. The first-order valence-corrected chi connectivity index (χ1v) is 8.80. The van der Waals surface area contributed by atoms with Crippen molar-refractivity contribution in [3.8, 4) is 0 Å². The van der Waals surface area contributed by atoms with Crippen LogP contribution < -0.4 is 0 Å². The molecule has 0 saturated heterocycles. The molecule has 0 spiro atoms. The van der Waals surface area contributed by atoms with Crippen molar-refractivity contribution < 1.29 is 14.7 Å². The highest BCUT2D eigenvalue weighted by Gasteiger charge is 2.40. The SMILES string of the molecule is O=[N+]([O-])OC1(c2ccccc2)C=C(c2ccccc2)C=C(c2ccccc2)O1. The third-order valence-electron chi connectivity index (χ3n) is 4.45. The smallest absolute Gasteiger partial charge is 0.301 e. The topological polar surface area (TPSA) is 61.6 Å². The normalized spacial score (nSPS) is 18.4. The van der Waals surface area contributed by atoms with E-state index in [0.29, 0.717) is 11.3 Å². The molecule has 3 aromatic carbocycles. The molecule has 0 radical (unpaired) electrons. The molecule has 0 amide bonds. The minimum atomic E-state index is -1.68. The van der Waals surface area contributed by atoms with Gasteiger partial charge in [-0.15, -0.1) is 10.1 Å². The molecule has 1 atom stereocenters. The molecular weight excluding hydrogens is 354 g/mol. The van der Waals surface area contributed by atoms with Gasteiger partial charge in [0.1, 0.15) is 5.76 Å². The first-order chi connectivity index (χ1) is 13.7. The molecule has 4 rings (SSSR count). The molecule has 5 nitrogen and oxygen atoms in total. The fourth-order valence-corrected chi connectivity index (χ4v) is 3.17. The van der Waals surface area contributed by atoms with Crippen LogP contribution in [0.2, 0.25) is 0 Å². The number of benzene rings is 3. The van der Waals surface area contributed by atoms with Gasteiger partial charge in [-0.1, -0.05) is 91.0 Å². The van der Waals surface area contributed by atoms with Gasteiger partial charge >= 0.3 is 5.79 Å². The van der Waals surface area contributed by atoms with Gasteiger partial charge in [0.2, 0.25) is 0 Å². The van der Waals surface area contributed by atoms with Crippen LogP contribution in [0.1, 0.15) is 16.7 Å². The Kier molecular flexibility index (Phi) is 4.64. The summed E-state index contributed by atoms with van der Waals surface area (Å²) in [5.41, 5.74) is 3.01. The van der Waals surface area contributed by atoms with Crippen LogP contribution in [-0.4, -0.2) is 5.09 Å². The summed E-state index contributed by atoms with van der Waals surface area (Å²) in [4.78, 5) is 16.5. The Bertz CT molecular complexity index is 1030. The largest absolute Gasteiger partial charge is 0.453 e. The van der Waals surface area contributed by atoms with Gasteiger partial charge in [0.15, 0.2) is 0 Å². The predicted octanol–water partition coefficient (Wildman–Crippen LogP) is 5.20. The maximum Gasteiger partial charge on any atom is 0.301 e. The van der Waals surface area contributed by atoms with Crippen LogP contribution in [-0.2, 0) is 15.4 Å². The number of allylic oxidation sites excluding steroid dienone is 2. The molecular formula is C23H17NO4. The lowest BCUT2D eigenvalue weighted by molar-refractivity contribution is -0.794. The molecule has 0 fully saturated rings. The lowest BCUT2D eigenvalue weighted by Gasteiger charge is -2.34. The zero-order valence-corrected chi connectivity index (χ0v) is 14.9. The molecule has 0 aliphatic carbocycles. The molecule has 1 aliphatic rings. The Morgan fingerprint density at radius 1 is 0.786 bits per heavy atom. The third kappa shape index (κ3) is 3.50. The summed E-state index contributed by atoms with van der Waals surface area (Å²) in [5.74, 6) is -1.19. The number of rotatable bonds is 5. The number of hydrogen-bond donors (Lipinski definition) is 0. The molecule has 3 aromatic rings. The highest BCUT2D eigenvalue weighted by molar-refractivity contribution is 5.84. The summed E-state index contributed by atoms with van der Waals surface area (Å²) in [6.07, 6.45) is 3.52. The van der Waals surface area contributed by atoms with Gasteiger partial charge in [-0.3, -0.25) is 4.84 Å². The zero-order valence-electron chi connectivity index (χ0n) is 14.9. The van der Waals surface area contributed by atoms with Crippen molar-refractivity contribution in [2.45, 2.75) is 5.79 Å². The van der Waals surface area contributed by atoms with Crippen LogP contribution in [0.25, 0.3) is 11.3 Å². The van der Waals surface area contributed by atoms with E-state index in [4.69, 9.17) is 9.57 Å². The third-order valence-corrected chi connectivity index (χ3v) is 4.45. The highest BCUT2D eigenvalue weighted by atomic mass is 17.0. The van der Waals surface area contributed by atoms with Crippen LogP contribution in [0.5, 0.6) is 0 Å². The van der Waals surface area contributed by atoms with Crippen LogP contribution in [0.15, 0.2) is 103 Å². The molecule has 138 valence electrons. The summed E-state index contributed by atoms with van der Waals surface area (Å²) >= 11 is 0. The van der Waals surface area contributed by atoms with Crippen LogP contribution >= 0.6 is 0 Å². The standard InChI is InChI=1S/C23H17NO4/c25-24(26)28-23(21-14-8-3-9-15-21)17-20(18-10-4-1-5-11-18)16-22(27-23)19-12-6-2-7-13-19/h1-17H. The van der Waals surface area contributed by atoms with Crippen molar-refractivity contribution in [3.63, 3.8) is 0 Å². The second-order valence-corrected chi connectivity index (χ2v) is 6.29. The van der Waals surface area contributed by atoms with Gasteiger partial charge in [0.05, 0.1) is 0 Å². The molecule has 1 heterocycles. The van der Waals surface area contributed by atoms with Crippen LogP contribution in [0, 0.1) is 10.1 Å². The van der Waals surface area contributed by atoms with E-state index in [1.807, 2.05) is 72.8 Å². The molecule has 0 N–H and O–H groups in total. The lowest BCUT2D eigenvalue weighted by Crippen LogP contribution is -2.34. The van der Waals surface area contributed by atoms with Crippen molar-refractivity contribution in [2.24, 2.45) is 0 Å². The average molecular weight is 371 g/mol. The first kappa shape index (κ1) is 17.5. The van der Waals surface area contributed by atoms with Crippen molar-refractivity contribution in [2.75, 3.05) is 0 Å². The van der Waals surface area contributed by atoms with Crippen LogP contribution in [0.4, 0.5) is 0 Å². The van der Waals surface area contributed by atoms with E-state index in [2.05, 4.69) is 0 Å². The fourth-order valence-electron chi connectivity index (χ4n) is 3.17. The zero-order chi connectivity index (χ0) is 19.4. The van der Waals surface area contributed by atoms with Gasteiger partial charge in [0.25, 0.3) is 5.09 Å². The second kappa shape index (κ2) is 7.40. The Hall–Kier alpha value is -3.86. The van der Waals surface area contributed by atoms with E-state index in [-0.39, 0.29) is 0 Å². The maximum absolute atomic E-state index is 11.4. The van der Waals surface area contributed by atoms with Crippen molar-refractivity contribution in [3.05, 3.63) is 130 Å². The van der Waals surface area contributed by atoms with E-state index in [1.54, 1.807) is 30.3 Å². The average Bonchev–Trinajstić information content (AvgIpc) is 2.75. The summed E-state index contributed by atoms with van der Waals surface area (Å²) in [6.45, 7) is 0. The molecule has 5 heteroatoms. The monoisotopic (exact) mass is 371 g/mol. The molecule has 28 heavy (non-hydrogen) atoms. The van der Waals surface area contributed by atoms with E-state index in [9.17, 15) is 10.1 Å². The molecule has 1 aliphatic heterocycles. The summed E-state index contributed by atoms with van der Waals surface area (Å²) in [5, 5.41) is 10.6. The first-order valence-electron chi connectivity index (χ1n) is 8.80. The predicted molar refractivity (Wildman–Crippen MR) is 106 cm³/mol. The minimum absolute atomic E-state index is 0.493. The van der Waals surface area contributed by atoms with E-state index >= 15 is 0 Å². The maximum atomic E-state index is 11.4. The number of nitrogens with zero attached hydrogens (tertiary/aromatic N) is 1. The molecule has 0 saturated carbocycles. The number of hydrogen-bond acceptors (Lipinski definition) is 4.